The van der Waals surface area contributed by atoms with E-state index in [0.717, 1.165) is 27.6 Å². The van der Waals surface area contributed by atoms with Gasteiger partial charge in [-0.15, -0.1) is 0 Å². The molecule has 0 unspecified atom stereocenters. The summed E-state index contributed by atoms with van der Waals surface area (Å²) in [7, 11) is 0. The molecule has 0 bridgehead atoms. The largest absolute Gasteiger partial charge is 0.436 e. The molecule has 0 radical (unpaired) electrons. The predicted molar refractivity (Wildman–Crippen MR) is 137 cm³/mol. The smallest absolute Gasteiger partial charge is 0.258 e. The summed E-state index contributed by atoms with van der Waals surface area (Å²) in [6, 6.07) is 24.4. The normalized spacial score (nSPS) is 11.0. The van der Waals surface area contributed by atoms with Crippen molar-refractivity contribution in [2.75, 3.05) is 5.32 Å². The topological polar surface area (TPSA) is 67.2 Å². The van der Waals surface area contributed by atoms with Crippen molar-refractivity contribution < 1.29 is 9.21 Å². The van der Waals surface area contributed by atoms with Crippen molar-refractivity contribution in [2.45, 2.75) is 6.92 Å². The van der Waals surface area contributed by atoms with Crippen LogP contribution in [0.3, 0.4) is 0 Å². The lowest BCUT2D eigenvalue weighted by atomic mass is 10.0. The first-order valence-electron chi connectivity index (χ1n) is 10.3. The van der Waals surface area contributed by atoms with Gasteiger partial charge in [0.05, 0.1) is 0 Å². The van der Waals surface area contributed by atoms with Crippen LogP contribution in [0.1, 0.15) is 15.9 Å². The van der Waals surface area contributed by atoms with Gasteiger partial charge in [0.2, 0.25) is 5.89 Å². The highest BCUT2D eigenvalue weighted by atomic mass is 35.5. The van der Waals surface area contributed by atoms with E-state index in [2.05, 4.69) is 15.6 Å². The van der Waals surface area contributed by atoms with Gasteiger partial charge in [0.25, 0.3) is 5.91 Å². The molecule has 4 aromatic carbocycles. The van der Waals surface area contributed by atoms with Crippen LogP contribution >= 0.6 is 23.8 Å². The number of anilines is 1. The third-order valence-electron chi connectivity index (χ3n) is 5.34. The van der Waals surface area contributed by atoms with Crippen LogP contribution in [0.5, 0.6) is 0 Å². The lowest BCUT2D eigenvalue weighted by Crippen LogP contribution is -2.34. The Morgan fingerprint density at radius 3 is 2.70 bits per heavy atom. The van der Waals surface area contributed by atoms with Gasteiger partial charge in [-0.25, -0.2) is 4.98 Å². The number of hydrogen-bond donors (Lipinski definition) is 2. The van der Waals surface area contributed by atoms with Crippen molar-refractivity contribution in [1.82, 2.24) is 10.3 Å². The number of benzene rings is 4. The van der Waals surface area contributed by atoms with Crippen LogP contribution in [0.25, 0.3) is 33.3 Å². The lowest BCUT2D eigenvalue weighted by molar-refractivity contribution is 0.0979. The molecule has 33 heavy (non-hydrogen) atoms. The average molecular weight is 472 g/mol. The summed E-state index contributed by atoms with van der Waals surface area (Å²) in [6.45, 7) is 1.95. The molecule has 1 heterocycles. The summed E-state index contributed by atoms with van der Waals surface area (Å²) >= 11 is 11.5. The van der Waals surface area contributed by atoms with E-state index in [9.17, 15) is 4.79 Å². The molecule has 0 aliphatic heterocycles. The molecule has 0 spiro atoms. The highest BCUT2D eigenvalue weighted by molar-refractivity contribution is 7.80. The van der Waals surface area contributed by atoms with E-state index >= 15 is 0 Å². The van der Waals surface area contributed by atoms with Gasteiger partial charge in [-0.05, 0) is 71.9 Å². The summed E-state index contributed by atoms with van der Waals surface area (Å²) < 4.78 is 5.87. The first-order chi connectivity index (χ1) is 16.0. The third-order valence-corrected chi connectivity index (χ3v) is 5.78. The van der Waals surface area contributed by atoms with Crippen molar-refractivity contribution in [3.8, 4) is 11.5 Å². The Kier molecular flexibility index (Phi) is 5.54. The maximum atomic E-state index is 12.9. The van der Waals surface area contributed by atoms with E-state index in [0.29, 0.717) is 27.6 Å². The fourth-order valence-electron chi connectivity index (χ4n) is 3.66. The van der Waals surface area contributed by atoms with E-state index in [4.69, 9.17) is 28.2 Å². The number of thiocarbonyl (C=S) groups is 1. The molecule has 2 N–H and O–H groups in total. The number of halogens is 1. The van der Waals surface area contributed by atoms with Crippen molar-refractivity contribution in [1.29, 1.82) is 0 Å². The van der Waals surface area contributed by atoms with Crippen LogP contribution < -0.4 is 10.6 Å². The number of oxazole rings is 1. The Labute approximate surface area is 200 Å². The van der Waals surface area contributed by atoms with Crippen LogP contribution in [0.15, 0.2) is 83.3 Å². The first kappa shape index (κ1) is 21.1. The summed E-state index contributed by atoms with van der Waals surface area (Å²) in [5, 5.41) is 8.57. The number of nitrogens with zero attached hydrogens (tertiary/aromatic N) is 1. The Morgan fingerprint density at radius 2 is 1.82 bits per heavy atom. The first-order valence-corrected chi connectivity index (χ1v) is 11.0. The van der Waals surface area contributed by atoms with E-state index < -0.39 is 0 Å². The van der Waals surface area contributed by atoms with E-state index in [-0.39, 0.29) is 11.0 Å². The molecule has 5 rings (SSSR count). The van der Waals surface area contributed by atoms with Gasteiger partial charge in [0.15, 0.2) is 10.7 Å². The number of carbonyl (C=O) groups is 1. The van der Waals surface area contributed by atoms with Gasteiger partial charge in [0, 0.05) is 21.8 Å². The molecule has 1 amide bonds. The zero-order valence-corrected chi connectivity index (χ0v) is 19.1. The zero-order chi connectivity index (χ0) is 22.9. The van der Waals surface area contributed by atoms with Crippen LogP contribution in [-0.2, 0) is 0 Å². The number of carbonyl (C=O) groups excluding carboxylic acids is 1. The molecule has 0 aliphatic rings. The zero-order valence-electron chi connectivity index (χ0n) is 17.6. The number of fused-ring (bicyclic) bond motifs is 2. The predicted octanol–water partition coefficient (Wildman–Crippen LogP) is 6.74. The average Bonchev–Trinajstić information content (AvgIpc) is 3.23. The molecule has 1 aromatic heterocycles. The molecule has 0 saturated carbocycles. The minimum Gasteiger partial charge on any atom is -0.436 e. The van der Waals surface area contributed by atoms with Crippen LogP contribution in [0, 0.1) is 6.92 Å². The fraction of sp³-hybridized carbons (Fsp3) is 0.0385. The standard InChI is InChI=1S/C26H18ClN3O2S/c1-15-9-10-17(25-28-22-14-18(27)11-12-23(22)32-25)13-21(15)29-26(33)30-24(31)20-8-4-6-16-5-2-3-7-19(16)20/h2-14H,1H3,(H2,29,30,31,33). The van der Waals surface area contributed by atoms with Crippen molar-refractivity contribution in [3.63, 3.8) is 0 Å². The van der Waals surface area contributed by atoms with Gasteiger partial charge in [-0.2, -0.15) is 0 Å². The van der Waals surface area contributed by atoms with Crippen molar-refractivity contribution in [2.24, 2.45) is 0 Å². The summed E-state index contributed by atoms with van der Waals surface area (Å²) in [6.07, 6.45) is 0. The second kappa shape index (κ2) is 8.65. The number of amides is 1. The Hall–Kier alpha value is -3.74. The Morgan fingerprint density at radius 1 is 1.00 bits per heavy atom. The van der Waals surface area contributed by atoms with E-state index in [1.807, 2.05) is 61.5 Å². The van der Waals surface area contributed by atoms with Gasteiger partial charge in [-0.3, -0.25) is 10.1 Å². The molecule has 7 heteroatoms. The maximum Gasteiger partial charge on any atom is 0.258 e. The van der Waals surface area contributed by atoms with Gasteiger partial charge in [-0.1, -0.05) is 54.1 Å². The summed E-state index contributed by atoms with van der Waals surface area (Å²) in [5.74, 6) is 0.204. The molecular weight excluding hydrogens is 454 g/mol. The fourth-order valence-corrected chi connectivity index (χ4v) is 4.03. The van der Waals surface area contributed by atoms with Gasteiger partial charge >= 0.3 is 0 Å². The Balaban J connectivity index is 1.37. The number of aromatic nitrogens is 1. The number of rotatable bonds is 3. The molecule has 0 fully saturated rings. The van der Waals surface area contributed by atoms with E-state index in [1.165, 1.54) is 0 Å². The number of nitrogens with one attached hydrogen (secondary N) is 2. The highest BCUT2D eigenvalue weighted by Gasteiger charge is 2.14. The summed E-state index contributed by atoms with van der Waals surface area (Å²) in [5.41, 5.74) is 4.38. The second-order valence-electron chi connectivity index (χ2n) is 7.60. The molecule has 162 valence electrons. The highest BCUT2D eigenvalue weighted by Crippen LogP contribution is 2.29. The molecule has 5 aromatic rings. The molecule has 5 nitrogen and oxygen atoms in total. The van der Waals surface area contributed by atoms with Crippen molar-refractivity contribution in [3.05, 3.63) is 95.0 Å². The molecule has 0 saturated heterocycles. The SMILES string of the molecule is Cc1ccc(-c2nc3cc(Cl)ccc3o2)cc1NC(=S)NC(=O)c1cccc2ccccc12. The summed E-state index contributed by atoms with van der Waals surface area (Å²) in [4.78, 5) is 17.4. The molecule has 0 aliphatic carbocycles. The van der Waals surface area contributed by atoms with E-state index in [1.54, 1.807) is 24.3 Å². The second-order valence-corrected chi connectivity index (χ2v) is 8.44. The van der Waals surface area contributed by atoms with Gasteiger partial charge < -0.3 is 9.73 Å². The van der Waals surface area contributed by atoms with Crippen molar-refractivity contribution >= 4 is 62.4 Å². The molecule has 0 atom stereocenters. The van der Waals surface area contributed by atoms with Gasteiger partial charge in [0.1, 0.15) is 5.52 Å². The van der Waals surface area contributed by atoms with Crippen LogP contribution in [0.2, 0.25) is 5.02 Å². The van der Waals surface area contributed by atoms with Crippen LogP contribution in [0.4, 0.5) is 5.69 Å². The third kappa shape index (κ3) is 4.31. The minimum atomic E-state index is -0.270. The minimum absolute atomic E-state index is 0.206. The number of hydrogen-bond acceptors (Lipinski definition) is 4. The molecular formula is C26H18ClN3O2S. The number of aryl methyl sites for hydroxylation is 1. The quantitative estimate of drug-likeness (QED) is 0.285. The van der Waals surface area contributed by atoms with Crippen LogP contribution in [-0.4, -0.2) is 16.0 Å². The monoisotopic (exact) mass is 471 g/mol. The Bertz CT molecular complexity index is 1540. The lowest BCUT2D eigenvalue weighted by Gasteiger charge is -2.13. The maximum absolute atomic E-state index is 12.9.